The zero-order valence-electron chi connectivity index (χ0n) is 10.7. The number of epoxide rings is 1. The molecule has 2 atom stereocenters. The number of aryl methyl sites for hydroxylation is 1. The van der Waals surface area contributed by atoms with Gasteiger partial charge in [0.05, 0.1) is 5.52 Å². The number of hydrogen-bond acceptors (Lipinski definition) is 3. The molecule has 0 amide bonds. The number of ether oxygens (including phenoxy) is 2. The Morgan fingerprint density at radius 1 is 1.33 bits per heavy atom. The molecule has 2 aliphatic heterocycles. The van der Waals surface area contributed by atoms with E-state index in [0.717, 1.165) is 16.7 Å². The molecule has 4 rings (SSSR count). The van der Waals surface area contributed by atoms with Gasteiger partial charge in [-0.2, -0.15) is 0 Å². The van der Waals surface area contributed by atoms with E-state index in [1.165, 1.54) is 11.1 Å². The lowest BCUT2D eigenvalue weighted by atomic mass is 9.90. The van der Waals surface area contributed by atoms with Crippen molar-refractivity contribution in [2.75, 3.05) is 0 Å². The number of rotatable bonds is 0. The molecule has 2 unspecified atom stereocenters. The minimum atomic E-state index is -0.236. The van der Waals surface area contributed by atoms with Gasteiger partial charge in [-0.25, -0.2) is 0 Å². The molecule has 3 heterocycles. The lowest BCUT2D eigenvalue weighted by molar-refractivity contribution is 0.0726. The van der Waals surface area contributed by atoms with Crippen LogP contribution < -0.4 is 4.74 Å². The van der Waals surface area contributed by atoms with E-state index in [4.69, 9.17) is 9.47 Å². The fourth-order valence-corrected chi connectivity index (χ4v) is 3.02. The number of hydrogen-bond donors (Lipinski definition) is 0. The van der Waals surface area contributed by atoms with Crippen LogP contribution in [0.5, 0.6) is 5.75 Å². The second-order valence-electron chi connectivity index (χ2n) is 5.67. The zero-order chi connectivity index (χ0) is 12.5. The summed E-state index contributed by atoms with van der Waals surface area (Å²) >= 11 is 0. The maximum absolute atomic E-state index is 6.11. The Bertz CT molecular complexity index is 663. The highest BCUT2D eigenvalue weighted by atomic mass is 16.6. The minimum Gasteiger partial charge on any atom is -0.485 e. The fraction of sp³-hybridized carbons (Fsp3) is 0.400. The molecular weight excluding hydrogens is 226 g/mol. The maximum Gasteiger partial charge on any atom is 0.132 e. The predicted molar refractivity (Wildman–Crippen MR) is 68.8 cm³/mol. The molecule has 0 saturated carbocycles. The molecule has 3 nitrogen and oxygen atoms in total. The Labute approximate surface area is 106 Å². The van der Waals surface area contributed by atoms with E-state index in [-0.39, 0.29) is 17.8 Å². The van der Waals surface area contributed by atoms with Crippen LogP contribution in [0.2, 0.25) is 0 Å². The molecule has 92 valence electrons. The summed E-state index contributed by atoms with van der Waals surface area (Å²) in [4.78, 5) is 4.47. The molecule has 2 aliphatic rings. The van der Waals surface area contributed by atoms with E-state index in [2.05, 4.69) is 37.9 Å². The smallest absolute Gasteiger partial charge is 0.132 e. The third-order valence-corrected chi connectivity index (χ3v) is 3.98. The van der Waals surface area contributed by atoms with Crippen molar-refractivity contribution < 1.29 is 9.47 Å². The standard InChI is InChI=1S/C15H15NO2/c1-8-11-10(7-9-5-4-6-16-12(8)9)18-15(2,3)14-13(11)17-14/h4-7,13-14H,1-3H3. The molecule has 1 aromatic carbocycles. The third kappa shape index (κ3) is 1.20. The zero-order valence-corrected chi connectivity index (χ0v) is 10.7. The van der Waals surface area contributed by atoms with Crippen LogP contribution in [-0.4, -0.2) is 16.7 Å². The summed E-state index contributed by atoms with van der Waals surface area (Å²) in [5, 5.41) is 1.13. The number of aromatic nitrogens is 1. The average molecular weight is 241 g/mol. The molecule has 1 saturated heterocycles. The number of nitrogens with zero attached hydrogens (tertiary/aromatic N) is 1. The first kappa shape index (κ1) is 10.3. The van der Waals surface area contributed by atoms with Crippen LogP contribution in [0.1, 0.15) is 31.1 Å². The first-order valence-electron chi connectivity index (χ1n) is 6.30. The molecular formula is C15H15NO2. The molecule has 1 fully saturated rings. The topological polar surface area (TPSA) is 34.6 Å². The van der Waals surface area contributed by atoms with E-state index in [9.17, 15) is 0 Å². The van der Waals surface area contributed by atoms with Crippen molar-refractivity contribution in [2.24, 2.45) is 0 Å². The van der Waals surface area contributed by atoms with Gasteiger partial charge in [0.2, 0.25) is 0 Å². The van der Waals surface area contributed by atoms with Crippen LogP contribution in [-0.2, 0) is 4.74 Å². The van der Waals surface area contributed by atoms with Crippen LogP contribution in [0, 0.1) is 6.92 Å². The summed E-state index contributed by atoms with van der Waals surface area (Å²) in [5.74, 6) is 0.955. The summed E-state index contributed by atoms with van der Waals surface area (Å²) in [6.07, 6.45) is 2.21. The lowest BCUT2D eigenvalue weighted by Gasteiger charge is -2.30. The second-order valence-corrected chi connectivity index (χ2v) is 5.67. The van der Waals surface area contributed by atoms with Crippen LogP contribution >= 0.6 is 0 Å². The Morgan fingerprint density at radius 2 is 2.17 bits per heavy atom. The Hall–Kier alpha value is -1.61. The van der Waals surface area contributed by atoms with Gasteiger partial charge in [0.15, 0.2) is 0 Å². The molecule has 0 N–H and O–H groups in total. The van der Waals surface area contributed by atoms with Gasteiger partial charge in [-0.15, -0.1) is 0 Å². The van der Waals surface area contributed by atoms with Gasteiger partial charge in [0.25, 0.3) is 0 Å². The van der Waals surface area contributed by atoms with Crippen molar-refractivity contribution in [3.8, 4) is 5.75 Å². The summed E-state index contributed by atoms with van der Waals surface area (Å²) in [5.41, 5.74) is 3.19. The van der Waals surface area contributed by atoms with Gasteiger partial charge in [-0.05, 0) is 38.5 Å². The SMILES string of the molecule is Cc1c2c(cc3cccnc13)OC(C)(C)C1OC21. The first-order valence-corrected chi connectivity index (χ1v) is 6.30. The molecule has 0 bridgehead atoms. The van der Waals surface area contributed by atoms with E-state index < -0.39 is 0 Å². The molecule has 18 heavy (non-hydrogen) atoms. The Morgan fingerprint density at radius 3 is 3.00 bits per heavy atom. The Balaban J connectivity index is 2.02. The highest BCUT2D eigenvalue weighted by Crippen LogP contribution is 2.55. The molecule has 0 spiro atoms. The van der Waals surface area contributed by atoms with Gasteiger partial charge in [-0.3, -0.25) is 4.98 Å². The quantitative estimate of drug-likeness (QED) is 0.664. The van der Waals surface area contributed by atoms with Crippen LogP contribution in [0.3, 0.4) is 0 Å². The third-order valence-electron chi connectivity index (χ3n) is 3.98. The van der Waals surface area contributed by atoms with Gasteiger partial charge >= 0.3 is 0 Å². The predicted octanol–water partition coefficient (Wildman–Crippen LogP) is 3.15. The van der Waals surface area contributed by atoms with E-state index in [1.807, 2.05) is 12.3 Å². The molecule has 2 aromatic rings. The van der Waals surface area contributed by atoms with Crippen molar-refractivity contribution in [2.45, 2.75) is 38.6 Å². The van der Waals surface area contributed by atoms with Crippen molar-refractivity contribution in [3.05, 3.63) is 35.5 Å². The average Bonchev–Trinajstić information content (AvgIpc) is 3.09. The minimum absolute atomic E-state index is 0.185. The van der Waals surface area contributed by atoms with E-state index >= 15 is 0 Å². The number of fused-ring (bicyclic) bond motifs is 4. The molecule has 0 radical (unpaired) electrons. The van der Waals surface area contributed by atoms with Crippen LogP contribution in [0.25, 0.3) is 10.9 Å². The summed E-state index contributed by atoms with van der Waals surface area (Å²) in [6, 6.07) is 6.12. The normalized spacial score (nSPS) is 27.3. The van der Waals surface area contributed by atoms with Gasteiger partial charge in [0.1, 0.15) is 23.6 Å². The highest BCUT2D eigenvalue weighted by Gasteiger charge is 2.57. The summed E-state index contributed by atoms with van der Waals surface area (Å²) < 4.78 is 11.9. The van der Waals surface area contributed by atoms with Gasteiger partial charge in [-0.1, -0.05) is 6.07 Å². The van der Waals surface area contributed by atoms with Crippen molar-refractivity contribution in [3.63, 3.8) is 0 Å². The van der Waals surface area contributed by atoms with E-state index in [1.54, 1.807) is 0 Å². The Kier molecular flexibility index (Phi) is 1.74. The van der Waals surface area contributed by atoms with Gasteiger partial charge in [0, 0.05) is 17.1 Å². The molecule has 0 aliphatic carbocycles. The summed E-state index contributed by atoms with van der Waals surface area (Å²) in [7, 11) is 0. The van der Waals surface area contributed by atoms with Gasteiger partial charge < -0.3 is 9.47 Å². The molecule has 1 aromatic heterocycles. The van der Waals surface area contributed by atoms with E-state index in [0.29, 0.717) is 0 Å². The first-order chi connectivity index (χ1) is 8.58. The fourth-order valence-electron chi connectivity index (χ4n) is 3.02. The number of benzene rings is 1. The second kappa shape index (κ2) is 3.04. The van der Waals surface area contributed by atoms with Crippen molar-refractivity contribution in [1.82, 2.24) is 4.98 Å². The van der Waals surface area contributed by atoms with Crippen LogP contribution in [0.15, 0.2) is 24.4 Å². The monoisotopic (exact) mass is 241 g/mol. The number of pyridine rings is 1. The molecule has 3 heteroatoms. The highest BCUT2D eigenvalue weighted by molar-refractivity contribution is 5.85. The summed E-state index contributed by atoms with van der Waals surface area (Å²) in [6.45, 7) is 6.28. The van der Waals surface area contributed by atoms with Crippen molar-refractivity contribution >= 4 is 10.9 Å². The maximum atomic E-state index is 6.11. The lowest BCUT2D eigenvalue weighted by Crippen LogP contribution is -2.38. The largest absolute Gasteiger partial charge is 0.485 e. The van der Waals surface area contributed by atoms with Crippen LogP contribution in [0.4, 0.5) is 0 Å². The van der Waals surface area contributed by atoms with Crippen molar-refractivity contribution in [1.29, 1.82) is 0 Å².